The van der Waals surface area contributed by atoms with Crippen molar-refractivity contribution in [3.05, 3.63) is 42.5 Å². The summed E-state index contributed by atoms with van der Waals surface area (Å²) in [5.74, 6) is 0.936. The SMILES string of the molecule is COc1cccc(NC(=O)C(C)(C)C(=O)Nc2ccc3c(c2)OCO3)c1. The van der Waals surface area contributed by atoms with Crippen molar-refractivity contribution < 1.29 is 23.8 Å². The molecule has 2 aromatic carbocycles. The van der Waals surface area contributed by atoms with E-state index in [1.165, 1.54) is 0 Å². The number of fused-ring (bicyclic) bond motifs is 1. The second-order valence-corrected chi connectivity index (χ2v) is 6.33. The summed E-state index contributed by atoms with van der Waals surface area (Å²) in [5, 5.41) is 5.48. The van der Waals surface area contributed by atoms with Gasteiger partial charge in [0.2, 0.25) is 18.6 Å². The molecule has 0 unspecified atom stereocenters. The first-order valence-corrected chi connectivity index (χ1v) is 8.07. The van der Waals surface area contributed by atoms with E-state index < -0.39 is 17.2 Å². The summed E-state index contributed by atoms with van der Waals surface area (Å²) in [5.41, 5.74) is -0.209. The summed E-state index contributed by atoms with van der Waals surface area (Å²) in [7, 11) is 1.55. The highest BCUT2D eigenvalue weighted by atomic mass is 16.7. The average Bonchev–Trinajstić information content (AvgIpc) is 3.09. The van der Waals surface area contributed by atoms with Gasteiger partial charge in [0.15, 0.2) is 11.5 Å². The average molecular weight is 356 g/mol. The number of ether oxygens (including phenoxy) is 3. The summed E-state index contributed by atoms with van der Waals surface area (Å²) in [6, 6.07) is 12.0. The lowest BCUT2D eigenvalue weighted by Gasteiger charge is -2.23. The standard InChI is InChI=1S/C19H20N2O5/c1-19(2,17(22)20-12-5-4-6-14(9-12)24-3)18(23)21-13-7-8-15-16(10-13)26-11-25-15/h4-10H,11H2,1-3H3,(H,20,22)(H,21,23). The second-order valence-electron chi connectivity index (χ2n) is 6.33. The highest BCUT2D eigenvalue weighted by Gasteiger charge is 2.36. The zero-order valence-corrected chi connectivity index (χ0v) is 14.8. The number of hydrogen-bond donors (Lipinski definition) is 2. The summed E-state index contributed by atoms with van der Waals surface area (Å²) in [6.45, 7) is 3.27. The zero-order chi connectivity index (χ0) is 18.7. The first kappa shape index (κ1) is 17.6. The van der Waals surface area contributed by atoms with E-state index in [4.69, 9.17) is 14.2 Å². The Labute approximate surface area is 151 Å². The monoisotopic (exact) mass is 356 g/mol. The van der Waals surface area contributed by atoms with E-state index in [-0.39, 0.29) is 6.79 Å². The van der Waals surface area contributed by atoms with Gasteiger partial charge in [0, 0.05) is 23.5 Å². The van der Waals surface area contributed by atoms with Gasteiger partial charge in [0.25, 0.3) is 0 Å². The third-order valence-electron chi connectivity index (χ3n) is 4.09. The molecule has 2 amide bonds. The van der Waals surface area contributed by atoms with Crippen molar-refractivity contribution in [1.82, 2.24) is 0 Å². The molecule has 7 heteroatoms. The molecule has 0 spiro atoms. The van der Waals surface area contributed by atoms with E-state index in [0.717, 1.165) is 0 Å². The van der Waals surface area contributed by atoms with Crippen molar-refractivity contribution in [2.45, 2.75) is 13.8 Å². The Balaban J connectivity index is 1.69. The molecule has 0 fully saturated rings. The van der Waals surface area contributed by atoms with Crippen LogP contribution in [0.25, 0.3) is 0 Å². The van der Waals surface area contributed by atoms with E-state index in [0.29, 0.717) is 28.6 Å². The number of carbonyl (C=O) groups excluding carboxylic acids is 2. The summed E-state index contributed by atoms with van der Waals surface area (Å²) in [6.07, 6.45) is 0. The number of nitrogens with one attached hydrogen (secondary N) is 2. The normalized spacial score (nSPS) is 12.4. The van der Waals surface area contributed by atoms with Gasteiger partial charge in [-0.25, -0.2) is 0 Å². The van der Waals surface area contributed by atoms with Gasteiger partial charge in [0.05, 0.1) is 7.11 Å². The van der Waals surface area contributed by atoms with Crippen LogP contribution in [0.3, 0.4) is 0 Å². The Kier molecular flexibility index (Phi) is 4.71. The third kappa shape index (κ3) is 3.56. The smallest absolute Gasteiger partial charge is 0.239 e. The number of hydrogen-bond acceptors (Lipinski definition) is 5. The molecule has 2 aromatic rings. The lowest BCUT2D eigenvalue weighted by molar-refractivity contribution is -0.135. The molecule has 0 saturated carbocycles. The lowest BCUT2D eigenvalue weighted by Crippen LogP contribution is -2.41. The van der Waals surface area contributed by atoms with Crippen molar-refractivity contribution in [2.75, 3.05) is 24.5 Å². The topological polar surface area (TPSA) is 85.9 Å². The Hall–Kier alpha value is -3.22. The zero-order valence-electron chi connectivity index (χ0n) is 14.8. The first-order valence-electron chi connectivity index (χ1n) is 8.07. The molecule has 7 nitrogen and oxygen atoms in total. The molecular weight excluding hydrogens is 336 g/mol. The molecule has 1 aliphatic heterocycles. The molecule has 136 valence electrons. The fourth-order valence-electron chi connectivity index (χ4n) is 2.35. The third-order valence-corrected chi connectivity index (χ3v) is 4.09. The van der Waals surface area contributed by atoms with Gasteiger partial charge in [-0.05, 0) is 38.1 Å². The number of amides is 2. The van der Waals surface area contributed by atoms with E-state index in [2.05, 4.69) is 10.6 Å². The number of anilines is 2. The van der Waals surface area contributed by atoms with Gasteiger partial charge < -0.3 is 24.8 Å². The maximum absolute atomic E-state index is 12.6. The molecule has 0 radical (unpaired) electrons. The van der Waals surface area contributed by atoms with Crippen LogP contribution < -0.4 is 24.8 Å². The van der Waals surface area contributed by atoms with Crippen LogP contribution in [0.5, 0.6) is 17.2 Å². The van der Waals surface area contributed by atoms with Gasteiger partial charge >= 0.3 is 0 Å². The van der Waals surface area contributed by atoms with Gasteiger partial charge in [0.1, 0.15) is 11.2 Å². The van der Waals surface area contributed by atoms with E-state index in [1.54, 1.807) is 63.4 Å². The molecule has 0 aromatic heterocycles. The maximum Gasteiger partial charge on any atom is 0.239 e. The van der Waals surface area contributed by atoms with E-state index in [1.807, 2.05) is 0 Å². The minimum Gasteiger partial charge on any atom is -0.497 e. The van der Waals surface area contributed by atoms with E-state index in [9.17, 15) is 9.59 Å². The van der Waals surface area contributed by atoms with Crippen molar-refractivity contribution in [3.8, 4) is 17.2 Å². The molecule has 0 atom stereocenters. The fourth-order valence-corrected chi connectivity index (χ4v) is 2.35. The minimum absolute atomic E-state index is 0.154. The highest BCUT2D eigenvalue weighted by Crippen LogP contribution is 2.34. The van der Waals surface area contributed by atoms with Crippen molar-refractivity contribution in [3.63, 3.8) is 0 Å². The van der Waals surface area contributed by atoms with Crippen molar-refractivity contribution in [1.29, 1.82) is 0 Å². The van der Waals surface area contributed by atoms with Crippen LogP contribution in [0.15, 0.2) is 42.5 Å². The molecular formula is C19H20N2O5. The van der Waals surface area contributed by atoms with Crippen LogP contribution in [0.1, 0.15) is 13.8 Å². The Bertz CT molecular complexity index is 848. The lowest BCUT2D eigenvalue weighted by atomic mass is 9.90. The van der Waals surface area contributed by atoms with Gasteiger partial charge in [-0.2, -0.15) is 0 Å². The Morgan fingerprint density at radius 1 is 0.962 bits per heavy atom. The molecule has 3 rings (SSSR count). The van der Waals surface area contributed by atoms with Crippen molar-refractivity contribution in [2.24, 2.45) is 5.41 Å². The van der Waals surface area contributed by atoms with Crippen LogP contribution in [-0.4, -0.2) is 25.7 Å². The van der Waals surface area contributed by atoms with Gasteiger partial charge in [-0.3, -0.25) is 9.59 Å². The van der Waals surface area contributed by atoms with Crippen LogP contribution in [0, 0.1) is 5.41 Å². The molecule has 1 heterocycles. The fraction of sp³-hybridized carbons (Fsp3) is 0.263. The minimum atomic E-state index is -1.29. The number of rotatable bonds is 5. The number of carbonyl (C=O) groups is 2. The maximum atomic E-state index is 12.6. The van der Waals surface area contributed by atoms with Crippen LogP contribution in [-0.2, 0) is 9.59 Å². The quantitative estimate of drug-likeness (QED) is 0.804. The molecule has 1 aliphatic rings. The van der Waals surface area contributed by atoms with Crippen LogP contribution in [0.2, 0.25) is 0 Å². The largest absolute Gasteiger partial charge is 0.497 e. The second kappa shape index (κ2) is 6.95. The molecule has 0 saturated heterocycles. The molecule has 2 N–H and O–H groups in total. The molecule has 0 bridgehead atoms. The summed E-state index contributed by atoms with van der Waals surface area (Å²) in [4.78, 5) is 25.2. The number of benzene rings is 2. The van der Waals surface area contributed by atoms with Gasteiger partial charge in [-0.1, -0.05) is 6.07 Å². The first-order chi connectivity index (χ1) is 12.4. The number of methoxy groups -OCH3 is 1. The predicted molar refractivity (Wildman–Crippen MR) is 96.6 cm³/mol. The van der Waals surface area contributed by atoms with Crippen LogP contribution >= 0.6 is 0 Å². The summed E-state index contributed by atoms with van der Waals surface area (Å²) < 4.78 is 15.7. The highest BCUT2D eigenvalue weighted by molar-refractivity contribution is 6.14. The van der Waals surface area contributed by atoms with E-state index >= 15 is 0 Å². The van der Waals surface area contributed by atoms with Crippen LogP contribution in [0.4, 0.5) is 11.4 Å². The molecule has 26 heavy (non-hydrogen) atoms. The molecule has 0 aliphatic carbocycles. The Morgan fingerprint density at radius 3 is 2.31 bits per heavy atom. The predicted octanol–water partition coefficient (Wildman–Crippen LogP) is 3.03. The Morgan fingerprint density at radius 2 is 1.62 bits per heavy atom. The summed E-state index contributed by atoms with van der Waals surface area (Å²) >= 11 is 0. The van der Waals surface area contributed by atoms with Gasteiger partial charge in [-0.15, -0.1) is 0 Å². The van der Waals surface area contributed by atoms with Crippen molar-refractivity contribution >= 4 is 23.2 Å².